The van der Waals surface area contributed by atoms with Crippen molar-refractivity contribution in [3.63, 3.8) is 0 Å². The third kappa shape index (κ3) is 3.78. The quantitative estimate of drug-likeness (QED) is 0.628. The van der Waals surface area contributed by atoms with Crippen LogP contribution >= 0.6 is 40.2 Å². The Balaban J connectivity index is 2.07. The van der Waals surface area contributed by atoms with Gasteiger partial charge in [-0.2, -0.15) is 12.6 Å². The molecule has 1 aliphatic rings. The smallest absolute Gasteiger partial charge is 0.145 e. The van der Waals surface area contributed by atoms with Crippen LogP contribution in [0.1, 0.15) is 12.8 Å². The number of benzene rings is 1. The van der Waals surface area contributed by atoms with Crippen molar-refractivity contribution < 1.29 is 13.9 Å². The number of hydrogen-bond acceptors (Lipinski definition) is 3. The number of rotatable bonds is 4. The molecule has 1 saturated heterocycles. The van der Waals surface area contributed by atoms with E-state index in [0.29, 0.717) is 16.8 Å². The van der Waals surface area contributed by atoms with Crippen molar-refractivity contribution in [1.29, 1.82) is 0 Å². The zero-order valence-corrected chi connectivity index (χ0v) is 13.5. The van der Waals surface area contributed by atoms with Crippen molar-refractivity contribution in [3.05, 3.63) is 27.4 Å². The molecular weight excluding hydrogens is 355 g/mol. The number of hydrogen-bond donors (Lipinski definition) is 1. The Labute approximate surface area is 131 Å². The summed E-state index contributed by atoms with van der Waals surface area (Å²) in [5, 5.41) is 0.0780. The summed E-state index contributed by atoms with van der Waals surface area (Å²) in [6.45, 7) is 1.94. The highest BCUT2D eigenvalue weighted by molar-refractivity contribution is 9.10. The monoisotopic (exact) mass is 368 g/mol. The molecule has 0 saturated carbocycles. The molecule has 1 fully saturated rings. The number of ether oxygens (including phenoxy) is 2. The molecule has 2 rings (SSSR count). The maximum atomic E-state index is 13.4. The van der Waals surface area contributed by atoms with Crippen LogP contribution in [-0.4, -0.2) is 25.6 Å². The Morgan fingerprint density at radius 1 is 1.42 bits per heavy atom. The number of halogens is 3. The second-order valence-electron chi connectivity index (χ2n) is 4.76. The first-order chi connectivity index (χ1) is 9.06. The normalized spacial score (nSPS) is 18.3. The molecule has 0 atom stereocenters. The summed E-state index contributed by atoms with van der Waals surface area (Å²) in [7, 11) is 0. The van der Waals surface area contributed by atoms with Gasteiger partial charge in [-0.25, -0.2) is 4.39 Å². The van der Waals surface area contributed by atoms with Gasteiger partial charge < -0.3 is 9.47 Å². The molecule has 0 radical (unpaired) electrons. The molecule has 0 N–H and O–H groups in total. The van der Waals surface area contributed by atoms with E-state index >= 15 is 0 Å². The van der Waals surface area contributed by atoms with Crippen LogP contribution in [0.15, 0.2) is 16.6 Å². The third-order valence-corrected chi connectivity index (χ3v) is 4.98. The second-order valence-corrected chi connectivity index (χ2v) is 6.33. The van der Waals surface area contributed by atoms with Crippen LogP contribution in [0, 0.1) is 11.2 Å². The lowest BCUT2D eigenvalue weighted by Crippen LogP contribution is -2.36. The summed E-state index contributed by atoms with van der Waals surface area (Å²) >= 11 is 13.4. The number of thiol groups is 1. The highest BCUT2D eigenvalue weighted by Crippen LogP contribution is 2.35. The largest absolute Gasteiger partial charge is 0.492 e. The lowest BCUT2D eigenvalue weighted by Gasteiger charge is -2.35. The van der Waals surface area contributed by atoms with Crippen LogP contribution in [0.4, 0.5) is 4.39 Å². The zero-order chi connectivity index (χ0) is 13.9. The van der Waals surface area contributed by atoms with Crippen LogP contribution in [0.5, 0.6) is 5.75 Å². The van der Waals surface area contributed by atoms with E-state index in [2.05, 4.69) is 28.6 Å². The van der Waals surface area contributed by atoms with Crippen molar-refractivity contribution in [2.24, 2.45) is 5.41 Å². The highest BCUT2D eigenvalue weighted by Gasteiger charge is 2.32. The Morgan fingerprint density at radius 3 is 2.74 bits per heavy atom. The molecule has 106 valence electrons. The van der Waals surface area contributed by atoms with Gasteiger partial charge in [-0.1, -0.05) is 11.6 Å². The minimum atomic E-state index is -0.480. The first kappa shape index (κ1) is 15.4. The summed E-state index contributed by atoms with van der Waals surface area (Å²) in [6.07, 6.45) is 1.81. The molecule has 1 aromatic carbocycles. The van der Waals surface area contributed by atoms with Gasteiger partial charge in [0.25, 0.3) is 0 Å². The van der Waals surface area contributed by atoms with E-state index in [1.807, 2.05) is 0 Å². The van der Waals surface area contributed by atoms with Crippen molar-refractivity contribution in [2.75, 3.05) is 25.6 Å². The summed E-state index contributed by atoms with van der Waals surface area (Å²) < 4.78 is 25.2. The van der Waals surface area contributed by atoms with Gasteiger partial charge in [0.05, 0.1) is 16.1 Å². The Kier molecular flexibility index (Phi) is 5.40. The predicted molar refractivity (Wildman–Crippen MR) is 80.9 cm³/mol. The van der Waals surface area contributed by atoms with Crippen molar-refractivity contribution in [1.82, 2.24) is 0 Å². The first-order valence-electron chi connectivity index (χ1n) is 6.02. The molecule has 0 bridgehead atoms. The van der Waals surface area contributed by atoms with Crippen molar-refractivity contribution in [2.45, 2.75) is 12.8 Å². The SMILES string of the molecule is Fc1cc(OCC2(CS)CCOCC2)c(Br)cc1Cl. The summed E-state index contributed by atoms with van der Waals surface area (Å²) in [5.74, 6) is 0.714. The molecule has 0 aliphatic carbocycles. The van der Waals surface area contributed by atoms with Crippen molar-refractivity contribution in [3.8, 4) is 5.75 Å². The summed E-state index contributed by atoms with van der Waals surface area (Å²) in [6, 6.07) is 2.81. The van der Waals surface area contributed by atoms with Crippen LogP contribution in [0.3, 0.4) is 0 Å². The van der Waals surface area contributed by atoms with Gasteiger partial charge in [0.1, 0.15) is 11.6 Å². The van der Waals surface area contributed by atoms with Crippen LogP contribution in [0.2, 0.25) is 5.02 Å². The van der Waals surface area contributed by atoms with E-state index in [4.69, 9.17) is 21.1 Å². The van der Waals surface area contributed by atoms with Gasteiger partial charge in [-0.05, 0) is 40.6 Å². The van der Waals surface area contributed by atoms with Gasteiger partial charge >= 0.3 is 0 Å². The van der Waals surface area contributed by atoms with Gasteiger partial charge in [0.15, 0.2) is 0 Å². The third-order valence-electron chi connectivity index (χ3n) is 3.40. The van der Waals surface area contributed by atoms with Crippen molar-refractivity contribution >= 4 is 40.2 Å². The molecule has 0 unspecified atom stereocenters. The molecule has 6 heteroatoms. The molecule has 2 nitrogen and oxygen atoms in total. The molecule has 1 aliphatic heterocycles. The van der Waals surface area contributed by atoms with Crippen LogP contribution in [-0.2, 0) is 4.74 Å². The molecular formula is C13H15BrClFO2S. The fourth-order valence-corrected chi connectivity index (χ4v) is 3.16. The van der Waals surface area contributed by atoms with Gasteiger partial charge in [0, 0.05) is 24.7 Å². The van der Waals surface area contributed by atoms with E-state index in [0.717, 1.165) is 31.8 Å². The molecule has 1 heterocycles. The molecule has 0 spiro atoms. The average molecular weight is 370 g/mol. The van der Waals surface area contributed by atoms with E-state index in [1.54, 1.807) is 0 Å². The maximum absolute atomic E-state index is 13.4. The van der Waals surface area contributed by atoms with E-state index in [1.165, 1.54) is 12.1 Å². The van der Waals surface area contributed by atoms with E-state index in [9.17, 15) is 4.39 Å². The van der Waals surface area contributed by atoms with E-state index < -0.39 is 5.82 Å². The topological polar surface area (TPSA) is 18.5 Å². The van der Waals surface area contributed by atoms with Crippen LogP contribution in [0.25, 0.3) is 0 Å². The molecule has 1 aromatic rings. The fraction of sp³-hybridized carbons (Fsp3) is 0.538. The Hall–Kier alpha value is 0.0300. The first-order valence-corrected chi connectivity index (χ1v) is 7.83. The maximum Gasteiger partial charge on any atom is 0.145 e. The minimum absolute atomic E-state index is 0.00306. The standard InChI is InChI=1S/C13H15BrClFO2S/c14-9-5-10(15)11(16)6-12(9)18-7-13(8-19)1-3-17-4-2-13/h5-6,19H,1-4,7-8H2. The lowest BCUT2D eigenvalue weighted by atomic mass is 9.83. The Bertz CT molecular complexity index is 453. The minimum Gasteiger partial charge on any atom is -0.492 e. The molecule has 0 aromatic heterocycles. The van der Waals surface area contributed by atoms with Crippen LogP contribution < -0.4 is 4.74 Å². The van der Waals surface area contributed by atoms with E-state index in [-0.39, 0.29) is 10.4 Å². The van der Waals surface area contributed by atoms with Gasteiger partial charge in [-0.15, -0.1) is 0 Å². The second kappa shape index (κ2) is 6.66. The lowest BCUT2D eigenvalue weighted by molar-refractivity contribution is 0.00292. The summed E-state index contributed by atoms with van der Waals surface area (Å²) in [5.41, 5.74) is -0.00306. The van der Waals surface area contributed by atoms with Gasteiger partial charge in [0.2, 0.25) is 0 Å². The molecule has 19 heavy (non-hydrogen) atoms. The Morgan fingerprint density at radius 2 is 2.11 bits per heavy atom. The predicted octanol–water partition coefficient (Wildman–Crippen LogP) is 4.35. The zero-order valence-electron chi connectivity index (χ0n) is 10.3. The average Bonchev–Trinajstić information content (AvgIpc) is 2.42. The van der Waals surface area contributed by atoms with Gasteiger partial charge in [-0.3, -0.25) is 0 Å². The summed E-state index contributed by atoms with van der Waals surface area (Å²) in [4.78, 5) is 0. The highest BCUT2D eigenvalue weighted by atomic mass is 79.9. The fourth-order valence-electron chi connectivity index (χ4n) is 2.00. The molecule has 0 amide bonds.